The Kier molecular flexibility index (Phi) is 1.88. The zero-order chi connectivity index (χ0) is 8.84. The number of fused-ring (bicyclic) bond motifs is 2. The molecular formula is C11H19NO. The van der Waals surface area contributed by atoms with E-state index in [1.165, 1.54) is 32.2 Å². The number of aliphatic hydroxyl groups excluding tert-OH is 1. The minimum absolute atomic E-state index is 0.00736. The third-order valence-corrected chi connectivity index (χ3v) is 4.03. The molecule has 0 aromatic carbocycles. The van der Waals surface area contributed by atoms with E-state index in [4.69, 9.17) is 0 Å². The lowest BCUT2D eigenvalue weighted by Gasteiger charge is -2.37. The fourth-order valence-electron chi connectivity index (χ4n) is 3.14. The fourth-order valence-corrected chi connectivity index (χ4v) is 3.14. The molecule has 0 radical (unpaired) electrons. The minimum atomic E-state index is 0.00736. The van der Waals surface area contributed by atoms with Crippen molar-refractivity contribution < 1.29 is 5.11 Å². The smallest absolute Gasteiger partial charge is 0.0570 e. The molecule has 0 amide bonds. The Morgan fingerprint density at radius 2 is 1.62 bits per heavy atom. The van der Waals surface area contributed by atoms with Crippen LogP contribution in [0.15, 0.2) is 0 Å². The molecule has 0 unspecified atom stereocenters. The molecule has 74 valence electrons. The van der Waals surface area contributed by atoms with E-state index in [-0.39, 0.29) is 6.10 Å². The molecule has 0 aromatic rings. The number of hydrogen-bond acceptors (Lipinski definition) is 2. The molecule has 2 aliphatic heterocycles. The second kappa shape index (κ2) is 2.96. The van der Waals surface area contributed by atoms with Gasteiger partial charge in [0.15, 0.2) is 0 Å². The average Bonchev–Trinajstić information content (AvgIpc) is 2.83. The highest BCUT2D eigenvalue weighted by molar-refractivity contribution is 4.96. The Morgan fingerprint density at radius 3 is 2.15 bits per heavy atom. The summed E-state index contributed by atoms with van der Waals surface area (Å²) < 4.78 is 0. The molecule has 1 aliphatic carbocycles. The lowest BCUT2D eigenvalue weighted by atomic mass is 9.99. The van der Waals surface area contributed by atoms with Gasteiger partial charge in [0, 0.05) is 18.6 Å². The lowest BCUT2D eigenvalue weighted by Crippen LogP contribution is -2.45. The summed E-state index contributed by atoms with van der Waals surface area (Å²) in [5.74, 6) is 1.01. The first-order chi connectivity index (χ1) is 6.33. The van der Waals surface area contributed by atoms with Gasteiger partial charge in [-0.05, 0) is 44.4 Å². The van der Waals surface area contributed by atoms with Crippen LogP contribution >= 0.6 is 0 Å². The molecular weight excluding hydrogens is 162 g/mol. The Balaban J connectivity index is 1.67. The van der Waals surface area contributed by atoms with Crippen LogP contribution in [-0.2, 0) is 0 Å². The minimum Gasteiger partial charge on any atom is -0.393 e. The van der Waals surface area contributed by atoms with Crippen molar-refractivity contribution in [1.82, 2.24) is 4.90 Å². The lowest BCUT2D eigenvalue weighted by molar-refractivity contribution is 0.0330. The molecule has 1 saturated carbocycles. The van der Waals surface area contributed by atoms with Crippen molar-refractivity contribution in [3.05, 3.63) is 0 Å². The number of hydrogen-bond donors (Lipinski definition) is 1. The van der Waals surface area contributed by atoms with Crippen molar-refractivity contribution in [2.45, 2.75) is 56.7 Å². The molecule has 0 spiro atoms. The second-order valence-corrected chi connectivity index (χ2v) is 5.15. The summed E-state index contributed by atoms with van der Waals surface area (Å²) in [6.45, 7) is 1.34. The maximum absolute atomic E-state index is 9.63. The normalized spacial score (nSPS) is 45.5. The van der Waals surface area contributed by atoms with Crippen LogP contribution in [0.5, 0.6) is 0 Å². The number of rotatable bonds is 2. The van der Waals surface area contributed by atoms with E-state index in [9.17, 15) is 5.11 Å². The monoisotopic (exact) mass is 181 g/mol. The van der Waals surface area contributed by atoms with Crippen LogP contribution in [0, 0.1) is 5.92 Å². The van der Waals surface area contributed by atoms with Crippen LogP contribution < -0.4 is 0 Å². The Bertz CT molecular complexity index is 188. The first-order valence-electron chi connectivity index (χ1n) is 5.77. The highest BCUT2D eigenvalue weighted by atomic mass is 16.3. The van der Waals surface area contributed by atoms with Gasteiger partial charge >= 0.3 is 0 Å². The third kappa shape index (κ3) is 1.50. The quantitative estimate of drug-likeness (QED) is 0.695. The summed E-state index contributed by atoms with van der Waals surface area (Å²) in [5, 5.41) is 9.63. The summed E-state index contributed by atoms with van der Waals surface area (Å²) >= 11 is 0. The van der Waals surface area contributed by atoms with E-state index in [2.05, 4.69) is 4.90 Å². The highest BCUT2D eigenvalue weighted by Gasteiger charge is 2.41. The van der Waals surface area contributed by atoms with Crippen LogP contribution in [0.2, 0.25) is 0 Å². The molecule has 2 heteroatoms. The van der Waals surface area contributed by atoms with E-state index in [0.717, 1.165) is 30.8 Å². The molecule has 2 atom stereocenters. The van der Waals surface area contributed by atoms with Crippen molar-refractivity contribution in [1.29, 1.82) is 0 Å². The van der Waals surface area contributed by atoms with Crippen molar-refractivity contribution in [2.75, 3.05) is 6.54 Å². The molecule has 2 heterocycles. The summed E-state index contributed by atoms with van der Waals surface area (Å²) in [4.78, 5) is 2.70. The summed E-state index contributed by atoms with van der Waals surface area (Å²) in [6, 6.07) is 1.46. The maximum atomic E-state index is 9.63. The van der Waals surface area contributed by atoms with Gasteiger partial charge in [0.05, 0.1) is 6.10 Å². The predicted molar refractivity (Wildman–Crippen MR) is 51.5 cm³/mol. The first-order valence-corrected chi connectivity index (χ1v) is 5.77. The maximum Gasteiger partial charge on any atom is 0.0570 e. The topological polar surface area (TPSA) is 23.5 Å². The number of piperidine rings is 1. The third-order valence-electron chi connectivity index (χ3n) is 4.03. The van der Waals surface area contributed by atoms with Crippen molar-refractivity contribution in [3.63, 3.8) is 0 Å². The first kappa shape index (κ1) is 8.25. The van der Waals surface area contributed by atoms with Crippen LogP contribution in [0.4, 0.5) is 0 Å². The van der Waals surface area contributed by atoms with Gasteiger partial charge in [-0.15, -0.1) is 0 Å². The van der Waals surface area contributed by atoms with Gasteiger partial charge in [0.2, 0.25) is 0 Å². The van der Waals surface area contributed by atoms with Gasteiger partial charge in [0.1, 0.15) is 0 Å². The van der Waals surface area contributed by atoms with Gasteiger partial charge in [-0.1, -0.05) is 0 Å². The van der Waals surface area contributed by atoms with E-state index >= 15 is 0 Å². The van der Waals surface area contributed by atoms with E-state index in [1.807, 2.05) is 0 Å². The molecule has 1 N–H and O–H groups in total. The highest BCUT2D eigenvalue weighted by Crippen LogP contribution is 2.39. The van der Waals surface area contributed by atoms with Gasteiger partial charge in [0.25, 0.3) is 0 Å². The van der Waals surface area contributed by atoms with Crippen LogP contribution in [-0.4, -0.2) is 34.7 Å². The zero-order valence-corrected chi connectivity index (χ0v) is 8.15. The second-order valence-electron chi connectivity index (χ2n) is 5.15. The average molecular weight is 181 g/mol. The van der Waals surface area contributed by atoms with E-state index in [0.29, 0.717) is 0 Å². The van der Waals surface area contributed by atoms with Crippen molar-refractivity contribution in [3.8, 4) is 0 Å². The summed E-state index contributed by atoms with van der Waals surface area (Å²) in [7, 11) is 0. The standard InChI is InChI=1S/C11H19NO/c13-11-5-9-3-4-10(6-11)12(9)7-8-1-2-8/h8-11,13H,1-7H2/t9-,10-/m1/s1. The summed E-state index contributed by atoms with van der Waals surface area (Å²) in [6.07, 6.45) is 7.69. The van der Waals surface area contributed by atoms with E-state index in [1.54, 1.807) is 0 Å². The molecule has 13 heavy (non-hydrogen) atoms. The van der Waals surface area contributed by atoms with E-state index < -0.39 is 0 Å². The Labute approximate surface area is 79.9 Å². The largest absolute Gasteiger partial charge is 0.393 e. The molecule has 2 saturated heterocycles. The molecule has 3 fully saturated rings. The SMILES string of the molecule is OC1C[C@H]2CC[C@H](C1)N2CC1CC1. The van der Waals surface area contributed by atoms with Crippen molar-refractivity contribution in [2.24, 2.45) is 5.92 Å². The molecule has 3 aliphatic rings. The number of nitrogens with zero attached hydrogens (tertiary/aromatic N) is 1. The molecule has 0 aromatic heterocycles. The van der Waals surface area contributed by atoms with Gasteiger partial charge in [-0.25, -0.2) is 0 Å². The Morgan fingerprint density at radius 1 is 1.00 bits per heavy atom. The molecule has 3 rings (SSSR count). The van der Waals surface area contributed by atoms with Gasteiger partial charge in [-0.3, -0.25) is 4.90 Å². The Hall–Kier alpha value is -0.0800. The van der Waals surface area contributed by atoms with Gasteiger partial charge < -0.3 is 5.11 Å². The molecule has 2 nitrogen and oxygen atoms in total. The van der Waals surface area contributed by atoms with Gasteiger partial charge in [-0.2, -0.15) is 0 Å². The summed E-state index contributed by atoms with van der Waals surface area (Å²) in [5.41, 5.74) is 0. The zero-order valence-electron chi connectivity index (χ0n) is 8.15. The molecule has 2 bridgehead atoms. The van der Waals surface area contributed by atoms with Crippen LogP contribution in [0.1, 0.15) is 38.5 Å². The number of aliphatic hydroxyl groups is 1. The predicted octanol–water partition coefficient (Wildman–Crippen LogP) is 1.38. The van der Waals surface area contributed by atoms with Crippen LogP contribution in [0.25, 0.3) is 0 Å². The van der Waals surface area contributed by atoms with Crippen LogP contribution in [0.3, 0.4) is 0 Å². The van der Waals surface area contributed by atoms with Crippen molar-refractivity contribution >= 4 is 0 Å². The fraction of sp³-hybridized carbons (Fsp3) is 1.00.